The molecule has 1 aliphatic rings. The van der Waals surface area contributed by atoms with E-state index in [1.807, 2.05) is 5.48 Å². The third kappa shape index (κ3) is 0.507. The number of halogens is 1. The van der Waals surface area contributed by atoms with Crippen LogP contribution in [0.25, 0.3) is 0 Å². The lowest BCUT2D eigenvalue weighted by molar-refractivity contribution is 0.151. The standard InChI is InChI=1S/C3H6FNO/c4-2-1-3(2)5-6/h2-3,5-6H,1H2. The van der Waals surface area contributed by atoms with Gasteiger partial charge >= 0.3 is 0 Å². The maximum absolute atomic E-state index is 11.6. The quantitative estimate of drug-likeness (QED) is 0.448. The van der Waals surface area contributed by atoms with Gasteiger partial charge in [-0.25, -0.2) is 4.39 Å². The predicted octanol–water partition coefficient (Wildman–Crippen LogP) is 0.0756. The van der Waals surface area contributed by atoms with Crippen LogP contribution in [0.2, 0.25) is 0 Å². The van der Waals surface area contributed by atoms with Crippen LogP contribution in [0.1, 0.15) is 6.42 Å². The lowest BCUT2D eigenvalue weighted by Gasteiger charge is -1.81. The summed E-state index contributed by atoms with van der Waals surface area (Å²) in [5.41, 5.74) is 1.81. The molecule has 0 spiro atoms. The van der Waals surface area contributed by atoms with Gasteiger partial charge in [0.1, 0.15) is 6.17 Å². The van der Waals surface area contributed by atoms with Crippen LogP contribution in [-0.2, 0) is 0 Å². The van der Waals surface area contributed by atoms with Crippen molar-refractivity contribution in [1.29, 1.82) is 0 Å². The average Bonchev–Trinajstić information content (AvgIpc) is 2.19. The molecule has 36 valence electrons. The Morgan fingerprint density at radius 3 is 2.33 bits per heavy atom. The van der Waals surface area contributed by atoms with Gasteiger partial charge < -0.3 is 5.21 Å². The largest absolute Gasteiger partial charge is 0.316 e. The van der Waals surface area contributed by atoms with Crippen LogP contribution in [-0.4, -0.2) is 17.4 Å². The molecule has 1 fully saturated rings. The van der Waals surface area contributed by atoms with Gasteiger partial charge in [-0.2, -0.15) is 5.48 Å². The highest BCUT2D eigenvalue weighted by Crippen LogP contribution is 2.23. The minimum atomic E-state index is -0.796. The first kappa shape index (κ1) is 4.02. The van der Waals surface area contributed by atoms with Crippen LogP contribution in [0.4, 0.5) is 4.39 Å². The van der Waals surface area contributed by atoms with E-state index in [-0.39, 0.29) is 6.04 Å². The number of hydroxylamine groups is 1. The Labute approximate surface area is 34.9 Å². The fourth-order valence-electron chi connectivity index (χ4n) is 0.298. The maximum atomic E-state index is 11.6. The van der Waals surface area contributed by atoms with E-state index in [0.717, 1.165) is 0 Å². The summed E-state index contributed by atoms with van der Waals surface area (Å²) < 4.78 is 11.6. The minimum absolute atomic E-state index is 0.259. The van der Waals surface area contributed by atoms with Crippen molar-refractivity contribution in [3.8, 4) is 0 Å². The van der Waals surface area contributed by atoms with Crippen molar-refractivity contribution in [2.45, 2.75) is 18.6 Å². The summed E-state index contributed by atoms with van der Waals surface area (Å²) >= 11 is 0. The zero-order chi connectivity index (χ0) is 4.57. The molecule has 0 amide bonds. The second-order valence-electron chi connectivity index (χ2n) is 1.49. The topological polar surface area (TPSA) is 32.3 Å². The third-order valence-corrected chi connectivity index (χ3v) is 0.878. The van der Waals surface area contributed by atoms with Crippen molar-refractivity contribution >= 4 is 0 Å². The molecular weight excluding hydrogens is 85.0 g/mol. The third-order valence-electron chi connectivity index (χ3n) is 0.878. The van der Waals surface area contributed by atoms with Gasteiger partial charge in [0.2, 0.25) is 0 Å². The molecule has 0 heterocycles. The van der Waals surface area contributed by atoms with Gasteiger partial charge in [-0.05, 0) is 0 Å². The second kappa shape index (κ2) is 1.17. The molecular formula is C3H6FNO. The molecule has 0 radical (unpaired) electrons. The molecule has 1 rings (SSSR count). The molecule has 0 aliphatic heterocycles. The first-order valence-corrected chi connectivity index (χ1v) is 1.88. The number of hydrogen-bond donors (Lipinski definition) is 2. The smallest absolute Gasteiger partial charge is 0.119 e. The van der Waals surface area contributed by atoms with E-state index < -0.39 is 6.17 Å². The second-order valence-corrected chi connectivity index (χ2v) is 1.49. The lowest BCUT2D eigenvalue weighted by atomic mass is 10.8. The Hall–Kier alpha value is -0.150. The number of hydrogen-bond acceptors (Lipinski definition) is 2. The minimum Gasteiger partial charge on any atom is -0.316 e. The normalized spacial score (nSPS) is 43.0. The van der Waals surface area contributed by atoms with Crippen LogP contribution < -0.4 is 5.48 Å². The molecule has 0 aromatic heterocycles. The Morgan fingerprint density at radius 1 is 1.83 bits per heavy atom. The van der Waals surface area contributed by atoms with Crippen LogP contribution in [0.3, 0.4) is 0 Å². The molecule has 3 heteroatoms. The number of alkyl halides is 1. The fraction of sp³-hybridized carbons (Fsp3) is 1.00. The lowest BCUT2D eigenvalue weighted by Crippen LogP contribution is -2.11. The SMILES string of the molecule is ONC1CC1F. The zero-order valence-corrected chi connectivity index (χ0v) is 3.19. The molecule has 2 nitrogen and oxygen atoms in total. The first-order chi connectivity index (χ1) is 2.84. The summed E-state index contributed by atoms with van der Waals surface area (Å²) in [5, 5.41) is 7.89. The predicted molar refractivity (Wildman–Crippen MR) is 18.2 cm³/mol. The van der Waals surface area contributed by atoms with Crippen molar-refractivity contribution in [2.75, 3.05) is 0 Å². The van der Waals surface area contributed by atoms with Crippen molar-refractivity contribution in [2.24, 2.45) is 0 Å². The monoisotopic (exact) mass is 91.0 g/mol. The fourth-order valence-corrected chi connectivity index (χ4v) is 0.298. The summed E-state index contributed by atoms with van der Waals surface area (Å²) in [6.07, 6.45) is -0.328. The zero-order valence-electron chi connectivity index (χ0n) is 3.19. The van der Waals surface area contributed by atoms with Gasteiger partial charge in [-0.3, -0.25) is 0 Å². The summed E-state index contributed by atoms with van der Waals surface area (Å²) in [4.78, 5) is 0. The molecule has 2 atom stereocenters. The molecule has 1 aliphatic carbocycles. The number of nitrogens with one attached hydrogen (secondary N) is 1. The summed E-state index contributed by atoms with van der Waals surface area (Å²) in [6.45, 7) is 0. The van der Waals surface area contributed by atoms with E-state index in [1.54, 1.807) is 0 Å². The Morgan fingerprint density at radius 2 is 2.33 bits per heavy atom. The van der Waals surface area contributed by atoms with Gasteiger partial charge in [0.05, 0.1) is 6.04 Å². The molecule has 1 saturated carbocycles. The van der Waals surface area contributed by atoms with Crippen molar-refractivity contribution in [3.05, 3.63) is 0 Å². The Bertz CT molecular complexity index is 56.8. The summed E-state index contributed by atoms with van der Waals surface area (Å²) in [7, 11) is 0. The van der Waals surface area contributed by atoms with E-state index in [2.05, 4.69) is 0 Å². The van der Waals surface area contributed by atoms with Gasteiger partial charge in [-0.1, -0.05) is 0 Å². The highest BCUT2D eigenvalue weighted by molar-refractivity contribution is 4.90. The van der Waals surface area contributed by atoms with Crippen molar-refractivity contribution in [3.63, 3.8) is 0 Å². The highest BCUT2D eigenvalue weighted by Gasteiger charge is 2.36. The molecule has 2 unspecified atom stereocenters. The molecule has 0 bridgehead atoms. The van der Waals surface area contributed by atoms with Crippen LogP contribution in [0, 0.1) is 0 Å². The summed E-state index contributed by atoms with van der Waals surface area (Å²) in [5.74, 6) is 0. The first-order valence-electron chi connectivity index (χ1n) is 1.88. The van der Waals surface area contributed by atoms with E-state index in [1.165, 1.54) is 0 Å². The molecule has 0 saturated heterocycles. The van der Waals surface area contributed by atoms with Crippen molar-refractivity contribution in [1.82, 2.24) is 5.48 Å². The number of rotatable bonds is 1. The van der Waals surface area contributed by atoms with Crippen LogP contribution >= 0.6 is 0 Å². The molecule has 6 heavy (non-hydrogen) atoms. The van der Waals surface area contributed by atoms with E-state index >= 15 is 0 Å². The van der Waals surface area contributed by atoms with E-state index in [0.29, 0.717) is 6.42 Å². The molecule has 0 aromatic rings. The summed E-state index contributed by atoms with van der Waals surface area (Å²) in [6, 6.07) is -0.259. The van der Waals surface area contributed by atoms with E-state index in [4.69, 9.17) is 5.21 Å². The van der Waals surface area contributed by atoms with Crippen LogP contribution in [0.5, 0.6) is 0 Å². The van der Waals surface area contributed by atoms with Gasteiger partial charge in [0.15, 0.2) is 0 Å². The molecule has 2 N–H and O–H groups in total. The van der Waals surface area contributed by atoms with Gasteiger partial charge in [0, 0.05) is 6.42 Å². The molecule has 0 aromatic carbocycles. The Kier molecular flexibility index (Phi) is 0.782. The highest BCUT2D eigenvalue weighted by atomic mass is 19.1. The Balaban J connectivity index is 2.09. The van der Waals surface area contributed by atoms with E-state index in [9.17, 15) is 4.39 Å². The maximum Gasteiger partial charge on any atom is 0.119 e. The van der Waals surface area contributed by atoms with Gasteiger partial charge in [0.25, 0.3) is 0 Å². The average molecular weight is 91.1 g/mol. The van der Waals surface area contributed by atoms with Crippen LogP contribution in [0.15, 0.2) is 0 Å². The van der Waals surface area contributed by atoms with Gasteiger partial charge in [-0.15, -0.1) is 0 Å². The van der Waals surface area contributed by atoms with Crippen molar-refractivity contribution < 1.29 is 9.60 Å².